The summed E-state index contributed by atoms with van der Waals surface area (Å²) in [6.07, 6.45) is 4.15. The number of rotatable bonds is 3. The van der Waals surface area contributed by atoms with Crippen molar-refractivity contribution in [1.82, 2.24) is 0 Å². The lowest BCUT2D eigenvalue weighted by molar-refractivity contribution is -0.117. The topological polar surface area (TPSA) is 49.8 Å². The van der Waals surface area contributed by atoms with Crippen LogP contribution >= 0.6 is 23.4 Å². The largest absolute Gasteiger partial charge is 0.504 e. The number of carbonyl (C=O) groups is 1. The van der Waals surface area contributed by atoms with E-state index in [4.69, 9.17) is 16.3 Å². The van der Waals surface area contributed by atoms with E-state index in [1.807, 2.05) is 24.3 Å². The Morgan fingerprint density at radius 3 is 2.73 bits per heavy atom. The maximum atomic E-state index is 13.0. The van der Waals surface area contributed by atoms with Crippen molar-refractivity contribution in [2.75, 3.05) is 18.6 Å². The zero-order valence-corrected chi connectivity index (χ0v) is 15.6. The number of hydrogen-bond donors (Lipinski definition) is 1. The Labute approximate surface area is 160 Å². The molecular formula is C20H16ClNO3S. The molecule has 1 unspecified atom stereocenters. The second-order valence-electron chi connectivity index (χ2n) is 6.02. The predicted molar refractivity (Wildman–Crippen MR) is 106 cm³/mol. The summed E-state index contributed by atoms with van der Waals surface area (Å²) in [7, 11) is 1.49. The van der Waals surface area contributed by atoms with Crippen molar-refractivity contribution < 1.29 is 14.6 Å². The molecule has 1 N–H and O–H groups in total. The van der Waals surface area contributed by atoms with E-state index in [0.29, 0.717) is 23.0 Å². The van der Waals surface area contributed by atoms with Crippen molar-refractivity contribution >= 4 is 39.9 Å². The summed E-state index contributed by atoms with van der Waals surface area (Å²) in [6, 6.07) is 12.6. The van der Waals surface area contributed by atoms with E-state index in [0.717, 1.165) is 16.0 Å². The predicted octanol–water partition coefficient (Wildman–Crippen LogP) is 4.48. The molecule has 0 spiro atoms. The van der Waals surface area contributed by atoms with E-state index in [2.05, 4.69) is 12.2 Å². The molecule has 2 heterocycles. The van der Waals surface area contributed by atoms with Crippen LogP contribution in [0.2, 0.25) is 5.02 Å². The minimum Gasteiger partial charge on any atom is -0.504 e. The average Bonchev–Trinajstić information content (AvgIpc) is 3.08. The quantitative estimate of drug-likeness (QED) is 0.846. The smallest absolute Gasteiger partial charge is 0.245 e. The van der Waals surface area contributed by atoms with Gasteiger partial charge in [0.15, 0.2) is 11.5 Å². The third-order valence-electron chi connectivity index (χ3n) is 4.45. The molecule has 2 aliphatic rings. The first-order chi connectivity index (χ1) is 12.6. The van der Waals surface area contributed by atoms with Gasteiger partial charge in [-0.1, -0.05) is 29.8 Å². The Morgan fingerprint density at radius 1 is 1.23 bits per heavy atom. The van der Waals surface area contributed by atoms with Gasteiger partial charge < -0.3 is 14.7 Å². The Morgan fingerprint density at radius 2 is 2.00 bits per heavy atom. The number of aromatic hydroxyl groups is 1. The van der Waals surface area contributed by atoms with Gasteiger partial charge in [-0.25, -0.2) is 0 Å². The molecule has 4 nitrogen and oxygen atoms in total. The van der Waals surface area contributed by atoms with Crippen LogP contribution in [0.5, 0.6) is 11.5 Å². The number of nitrogens with zero attached hydrogens (tertiary/aromatic N) is 1. The van der Waals surface area contributed by atoms with E-state index in [1.165, 1.54) is 7.11 Å². The SMILES string of the molecule is COc1cc(N2CC=C3C=C(c4ccc(Cl)cc4)SC3C2=O)ccc1O. The summed E-state index contributed by atoms with van der Waals surface area (Å²) >= 11 is 7.51. The molecule has 2 aromatic rings. The van der Waals surface area contributed by atoms with Crippen LogP contribution in [0.25, 0.3) is 4.91 Å². The first-order valence-electron chi connectivity index (χ1n) is 8.09. The summed E-state index contributed by atoms with van der Waals surface area (Å²) in [5.74, 6) is 0.434. The number of methoxy groups -OCH3 is 1. The lowest BCUT2D eigenvalue weighted by Crippen LogP contribution is -2.41. The minimum atomic E-state index is -0.255. The Kier molecular flexibility index (Phi) is 4.42. The number of hydrogen-bond acceptors (Lipinski definition) is 4. The van der Waals surface area contributed by atoms with Crippen LogP contribution in [0.1, 0.15) is 5.56 Å². The van der Waals surface area contributed by atoms with E-state index < -0.39 is 0 Å². The van der Waals surface area contributed by atoms with Gasteiger partial charge in [0.2, 0.25) is 5.91 Å². The molecular weight excluding hydrogens is 370 g/mol. The summed E-state index contributed by atoms with van der Waals surface area (Å²) in [5, 5.41) is 10.2. The molecule has 2 aliphatic heterocycles. The highest BCUT2D eigenvalue weighted by Gasteiger charge is 2.36. The van der Waals surface area contributed by atoms with Gasteiger partial charge in [-0.3, -0.25) is 4.79 Å². The molecule has 2 aromatic carbocycles. The number of phenols is 1. The Balaban J connectivity index is 1.59. The molecule has 0 aromatic heterocycles. The molecule has 0 aliphatic carbocycles. The number of benzene rings is 2. The van der Waals surface area contributed by atoms with Crippen LogP contribution in [0.4, 0.5) is 5.69 Å². The highest BCUT2D eigenvalue weighted by molar-refractivity contribution is 8.10. The number of allylic oxidation sites excluding steroid dienone is 1. The Hall–Kier alpha value is -2.37. The number of fused-ring (bicyclic) bond motifs is 1. The van der Waals surface area contributed by atoms with Gasteiger partial charge in [0.25, 0.3) is 0 Å². The van der Waals surface area contributed by atoms with Crippen LogP contribution in [0, 0.1) is 0 Å². The number of ether oxygens (including phenoxy) is 1. The molecule has 132 valence electrons. The summed E-state index contributed by atoms with van der Waals surface area (Å²) in [6.45, 7) is 0.490. The van der Waals surface area contributed by atoms with Gasteiger partial charge >= 0.3 is 0 Å². The van der Waals surface area contributed by atoms with Gasteiger partial charge in [0, 0.05) is 28.2 Å². The van der Waals surface area contributed by atoms with Crippen molar-refractivity contribution in [3.05, 3.63) is 70.8 Å². The standard InChI is InChI=1S/C20H16ClNO3S/c1-25-17-11-15(6-7-16(17)23)22-9-8-13-10-18(26-19(13)20(22)24)12-2-4-14(21)5-3-12/h2-8,10-11,19,23H,9H2,1H3. The normalized spacial score (nSPS) is 19.1. The fourth-order valence-electron chi connectivity index (χ4n) is 3.08. The first kappa shape index (κ1) is 17.1. The number of amides is 1. The van der Waals surface area contributed by atoms with Gasteiger partial charge in [0.1, 0.15) is 5.25 Å². The number of halogens is 1. The summed E-state index contributed by atoms with van der Waals surface area (Å²) < 4.78 is 5.15. The van der Waals surface area contributed by atoms with Crippen molar-refractivity contribution in [3.8, 4) is 11.5 Å². The number of phenolic OH excluding ortho intramolecular Hbond substituents is 1. The maximum absolute atomic E-state index is 13.0. The Bertz CT molecular complexity index is 937. The molecule has 0 bridgehead atoms. The zero-order valence-electron chi connectivity index (χ0n) is 14.0. The van der Waals surface area contributed by atoms with E-state index in [9.17, 15) is 9.90 Å². The van der Waals surface area contributed by atoms with Crippen LogP contribution in [-0.2, 0) is 4.79 Å². The fourth-order valence-corrected chi connectivity index (χ4v) is 4.46. The van der Waals surface area contributed by atoms with Crippen molar-refractivity contribution in [2.45, 2.75) is 5.25 Å². The van der Waals surface area contributed by atoms with Crippen molar-refractivity contribution in [2.24, 2.45) is 0 Å². The van der Waals surface area contributed by atoms with E-state index in [-0.39, 0.29) is 16.9 Å². The van der Waals surface area contributed by atoms with Crippen LogP contribution in [0.3, 0.4) is 0 Å². The molecule has 0 saturated carbocycles. The lowest BCUT2D eigenvalue weighted by atomic mass is 10.0. The minimum absolute atomic E-state index is 0.0282. The van der Waals surface area contributed by atoms with Gasteiger partial charge in [-0.05, 0) is 41.5 Å². The number of anilines is 1. The van der Waals surface area contributed by atoms with E-state index in [1.54, 1.807) is 34.9 Å². The molecule has 1 atom stereocenters. The van der Waals surface area contributed by atoms with Crippen LogP contribution < -0.4 is 9.64 Å². The number of thioether (sulfide) groups is 1. The highest BCUT2D eigenvalue weighted by atomic mass is 35.5. The molecule has 0 fully saturated rings. The second kappa shape index (κ2) is 6.74. The van der Waals surface area contributed by atoms with Gasteiger partial charge in [-0.15, -0.1) is 11.8 Å². The highest BCUT2D eigenvalue weighted by Crippen LogP contribution is 2.45. The average molecular weight is 386 g/mol. The number of carbonyl (C=O) groups excluding carboxylic acids is 1. The molecule has 0 radical (unpaired) electrons. The summed E-state index contributed by atoms with van der Waals surface area (Å²) in [4.78, 5) is 15.8. The lowest BCUT2D eigenvalue weighted by Gasteiger charge is -2.29. The third kappa shape index (κ3) is 2.97. The fraction of sp³-hybridized carbons (Fsp3) is 0.150. The molecule has 1 amide bonds. The molecule has 6 heteroatoms. The van der Waals surface area contributed by atoms with E-state index >= 15 is 0 Å². The molecule has 0 saturated heterocycles. The van der Waals surface area contributed by atoms with Gasteiger partial charge in [-0.2, -0.15) is 0 Å². The third-order valence-corrected chi connectivity index (χ3v) is 6.02. The second-order valence-corrected chi connectivity index (χ2v) is 7.61. The monoisotopic (exact) mass is 385 g/mol. The summed E-state index contributed by atoms with van der Waals surface area (Å²) in [5.41, 5.74) is 2.80. The van der Waals surface area contributed by atoms with Crippen molar-refractivity contribution in [3.63, 3.8) is 0 Å². The maximum Gasteiger partial charge on any atom is 0.245 e. The first-order valence-corrected chi connectivity index (χ1v) is 9.35. The molecule has 4 rings (SSSR count). The molecule has 26 heavy (non-hydrogen) atoms. The van der Waals surface area contributed by atoms with Crippen molar-refractivity contribution in [1.29, 1.82) is 0 Å². The zero-order chi connectivity index (χ0) is 18.3. The van der Waals surface area contributed by atoms with Crippen LogP contribution in [-0.4, -0.2) is 29.9 Å². The van der Waals surface area contributed by atoms with Gasteiger partial charge in [0.05, 0.1) is 7.11 Å². The van der Waals surface area contributed by atoms with Crippen LogP contribution in [0.15, 0.2) is 60.2 Å².